The van der Waals surface area contributed by atoms with Gasteiger partial charge in [-0.25, -0.2) is 9.97 Å². The summed E-state index contributed by atoms with van der Waals surface area (Å²) in [5, 5.41) is 3.34. The Balaban J connectivity index is 2.02. The summed E-state index contributed by atoms with van der Waals surface area (Å²) in [7, 11) is 4.12. The van der Waals surface area contributed by atoms with Crippen molar-refractivity contribution in [2.24, 2.45) is 5.73 Å². The standard InChI is InChI=1S/C13H24N6/c1-10-16-12(15-5-7-18(2)3)8-13(17-10)19-6-4-11(14)9-19/h8,11H,4-7,9,14H2,1-3H3,(H,15,16,17). The van der Waals surface area contributed by atoms with Crippen molar-refractivity contribution in [3.63, 3.8) is 0 Å². The average molecular weight is 264 g/mol. The van der Waals surface area contributed by atoms with Gasteiger partial charge < -0.3 is 20.9 Å². The van der Waals surface area contributed by atoms with E-state index < -0.39 is 0 Å². The van der Waals surface area contributed by atoms with Gasteiger partial charge in [-0.05, 0) is 27.4 Å². The van der Waals surface area contributed by atoms with E-state index in [1.165, 1.54) is 0 Å². The number of aryl methyl sites for hydroxylation is 1. The molecule has 19 heavy (non-hydrogen) atoms. The number of hydrogen-bond acceptors (Lipinski definition) is 6. The third kappa shape index (κ3) is 4.04. The van der Waals surface area contributed by atoms with Gasteiger partial charge in [0.25, 0.3) is 0 Å². The van der Waals surface area contributed by atoms with Crippen LogP contribution in [0.25, 0.3) is 0 Å². The normalized spacial score (nSPS) is 19.2. The number of rotatable bonds is 5. The molecule has 6 nitrogen and oxygen atoms in total. The van der Waals surface area contributed by atoms with E-state index >= 15 is 0 Å². The van der Waals surface area contributed by atoms with Crippen LogP contribution in [0.4, 0.5) is 11.6 Å². The number of likely N-dealkylation sites (N-methyl/N-ethyl adjacent to an activating group) is 1. The molecule has 6 heteroatoms. The Morgan fingerprint density at radius 3 is 2.89 bits per heavy atom. The molecule has 0 saturated carbocycles. The molecular weight excluding hydrogens is 240 g/mol. The summed E-state index contributed by atoms with van der Waals surface area (Å²) in [4.78, 5) is 13.3. The lowest BCUT2D eigenvalue weighted by Crippen LogP contribution is -2.27. The number of nitrogens with zero attached hydrogens (tertiary/aromatic N) is 4. The topological polar surface area (TPSA) is 70.3 Å². The second-order valence-electron chi connectivity index (χ2n) is 5.38. The molecule has 0 amide bonds. The van der Waals surface area contributed by atoms with Gasteiger partial charge in [0.2, 0.25) is 0 Å². The molecule has 0 aromatic carbocycles. The lowest BCUT2D eigenvalue weighted by Gasteiger charge is -2.18. The summed E-state index contributed by atoms with van der Waals surface area (Å²) in [6, 6.07) is 2.28. The van der Waals surface area contributed by atoms with Gasteiger partial charge in [0.05, 0.1) is 0 Å². The summed E-state index contributed by atoms with van der Waals surface area (Å²) in [5.41, 5.74) is 5.95. The summed E-state index contributed by atoms with van der Waals surface area (Å²) < 4.78 is 0. The highest BCUT2D eigenvalue weighted by Crippen LogP contribution is 2.20. The predicted octanol–water partition coefficient (Wildman–Crippen LogP) is 0.296. The smallest absolute Gasteiger partial charge is 0.134 e. The molecule has 1 aliphatic rings. The molecule has 106 valence electrons. The molecule has 1 unspecified atom stereocenters. The van der Waals surface area contributed by atoms with E-state index in [1.807, 2.05) is 13.0 Å². The third-order valence-electron chi connectivity index (χ3n) is 3.24. The highest BCUT2D eigenvalue weighted by atomic mass is 15.2. The van der Waals surface area contributed by atoms with Gasteiger partial charge in [-0.15, -0.1) is 0 Å². The van der Waals surface area contributed by atoms with Crippen LogP contribution in [0.5, 0.6) is 0 Å². The molecule has 3 N–H and O–H groups in total. The predicted molar refractivity (Wildman–Crippen MR) is 78.6 cm³/mol. The maximum atomic E-state index is 5.95. The molecule has 1 aromatic rings. The van der Waals surface area contributed by atoms with Crippen molar-refractivity contribution in [1.29, 1.82) is 0 Å². The van der Waals surface area contributed by atoms with E-state index in [-0.39, 0.29) is 6.04 Å². The Labute approximate surface area is 115 Å². The van der Waals surface area contributed by atoms with Crippen molar-refractivity contribution in [2.45, 2.75) is 19.4 Å². The van der Waals surface area contributed by atoms with Crippen LogP contribution in [0.1, 0.15) is 12.2 Å². The molecule has 1 saturated heterocycles. The number of nitrogens with one attached hydrogen (secondary N) is 1. The first-order valence-electron chi connectivity index (χ1n) is 6.79. The Morgan fingerprint density at radius 1 is 1.47 bits per heavy atom. The van der Waals surface area contributed by atoms with Gasteiger partial charge >= 0.3 is 0 Å². The lowest BCUT2D eigenvalue weighted by molar-refractivity contribution is 0.425. The number of nitrogens with two attached hydrogens (primary N) is 1. The summed E-state index contributed by atoms with van der Waals surface area (Å²) in [6.07, 6.45) is 1.03. The lowest BCUT2D eigenvalue weighted by atomic mass is 10.3. The molecular formula is C13H24N6. The van der Waals surface area contributed by atoms with E-state index in [0.29, 0.717) is 0 Å². The summed E-state index contributed by atoms with van der Waals surface area (Å²) in [5.74, 6) is 2.67. The minimum absolute atomic E-state index is 0.264. The summed E-state index contributed by atoms with van der Waals surface area (Å²) in [6.45, 7) is 5.65. The first-order chi connectivity index (χ1) is 9.04. The van der Waals surface area contributed by atoms with E-state index in [1.54, 1.807) is 0 Å². The zero-order valence-corrected chi connectivity index (χ0v) is 12.1. The van der Waals surface area contributed by atoms with Crippen LogP contribution in [-0.2, 0) is 0 Å². The van der Waals surface area contributed by atoms with Crippen molar-refractivity contribution in [2.75, 3.05) is 50.5 Å². The summed E-state index contributed by atoms with van der Waals surface area (Å²) >= 11 is 0. The highest BCUT2D eigenvalue weighted by molar-refractivity contribution is 5.50. The van der Waals surface area contributed by atoms with Gasteiger partial charge in [-0.3, -0.25) is 0 Å². The van der Waals surface area contributed by atoms with Gasteiger partial charge in [0, 0.05) is 38.3 Å². The van der Waals surface area contributed by atoms with Crippen LogP contribution in [-0.4, -0.2) is 61.2 Å². The number of hydrogen-bond donors (Lipinski definition) is 2. The fourth-order valence-corrected chi connectivity index (χ4v) is 2.21. The molecule has 2 heterocycles. The first kappa shape index (κ1) is 14.0. The molecule has 1 atom stereocenters. The SMILES string of the molecule is Cc1nc(NCCN(C)C)cc(N2CCC(N)C2)n1. The van der Waals surface area contributed by atoms with E-state index in [2.05, 4.69) is 39.2 Å². The van der Waals surface area contributed by atoms with Crippen molar-refractivity contribution >= 4 is 11.6 Å². The van der Waals surface area contributed by atoms with Crippen LogP contribution in [0, 0.1) is 6.92 Å². The number of aromatic nitrogens is 2. The van der Waals surface area contributed by atoms with Crippen LogP contribution < -0.4 is 16.0 Å². The van der Waals surface area contributed by atoms with Crippen molar-refractivity contribution in [3.05, 3.63) is 11.9 Å². The Kier molecular flexibility index (Phi) is 4.55. The molecule has 1 fully saturated rings. The molecule has 0 spiro atoms. The van der Waals surface area contributed by atoms with Crippen LogP contribution in [0.3, 0.4) is 0 Å². The van der Waals surface area contributed by atoms with Crippen LogP contribution >= 0.6 is 0 Å². The molecule has 0 aliphatic carbocycles. The fraction of sp³-hybridized carbons (Fsp3) is 0.692. The maximum absolute atomic E-state index is 5.95. The molecule has 0 radical (unpaired) electrons. The quantitative estimate of drug-likeness (QED) is 0.797. The highest BCUT2D eigenvalue weighted by Gasteiger charge is 2.20. The van der Waals surface area contributed by atoms with Crippen LogP contribution in [0.2, 0.25) is 0 Å². The third-order valence-corrected chi connectivity index (χ3v) is 3.24. The van der Waals surface area contributed by atoms with Crippen LogP contribution in [0.15, 0.2) is 6.07 Å². The molecule has 1 aliphatic heterocycles. The zero-order chi connectivity index (χ0) is 13.8. The largest absolute Gasteiger partial charge is 0.369 e. The van der Waals surface area contributed by atoms with E-state index in [9.17, 15) is 0 Å². The Morgan fingerprint density at radius 2 is 2.26 bits per heavy atom. The Bertz CT molecular complexity index is 420. The van der Waals surface area contributed by atoms with E-state index in [0.717, 1.165) is 50.1 Å². The second-order valence-corrected chi connectivity index (χ2v) is 5.38. The van der Waals surface area contributed by atoms with Gasteiger partial charge in [-0.2, -0.15) is 0 Å². The van der Waals surface area contributed by atoms with Crippen molar-refractivity contribution < 1.29 is 0 Å². The monoisotopic (exact) mass is 264 g/mol. The van der Waals surface area contributed by atoms with Gasteiger partial charge in [0.15, 0.2) is 0 Å². The van der Waals surface area contributed by atoms with Gasteiger partial charge in [0.1, 0.15) is 17.5 Å². The molecule has 0 bridgehead atoms. The second kappa shape index (κ2) is 6.16. The molecule has 1 aromatic heterocycles. The van der Waals surface area contributed by atoms with Crippen molar-refractivity contribution in [1.82, 2.24) is 14.9 Å². The maximum Gasteiger partial charge on any atom is 0.134 e. The first-order valence-corrected chi connectivity index (χ1v) is 6.79. The Hall–Kier alpha value is -1.40. The minimum Gasteiger partial charge on any atom is -0.369 e. The average Bonchev–Trinajstić information content (AvgIpc) is 2.75. The molecule has 2 rings (SSSR count). The minimum atomic E-state index is 0.264. The van der Waals surface area contributed by atoms with Gasteiger partial charge in [-0.1, -0.05) is 0 Å². The van der Waals surface area contributed by atoms with E-state index in [4.69, 9.17) is 5.73 Å². The van der Waals surface area contributed by atoms with Crippen molar-refractivity contribution in [3.8, 4) is 0 Å². The fourth-order valence-electron chi connectivity index (χ4n) is 2.21. The zero-order valence-electron chi connectivity index (χ0n) is 12.1. The number of anilines is 2.